The number of ether oxygens (including phenoxy) is 1. The zero-order valence-corrected chi connectivity index (χ0v) is 9.98. The predicted molar refractivity (Wildman–Crippen MR) is 62.4 cm³/mol. The Morgan fingerprint density at radius 1 is 1.38 bits per heavy atom. The maximum Gasteiger partial charge on any atom is 0.356 e. The fourth-order valence-electron chi connectivity index (χ4n) is 1.39. The van der Waals surface area contributed by atoms with Crippen molar-refractivity contribution in [1.82, 2.24) is 4.98 Å². The van der Waals surface area contributed by atoms with Crippen molar-refractivity contribution in [3.05, 3.63) is 34.4 Å². The number of pyridine rings is 1. The monoisotopic (exact) mass is 281 g/mol. The number of carbonyl (C=O) groups is 1. The minimum atomic E-state index is -0.527. The van der Waals surface area contributed by atoms with E-state index in [0.29, 0.717) is 5.52 Å². The van der Waals surface area contributed by atoms with Crippen molar-refractivity contribution in [3.63, 3.8) is 0 Å². The van der Waals surface area contributed by atoms with Gasteiger partial charge in [-0.2, -0.15) is 0 Å². The summed E-state index contributed by atoms with van der Waals surface area (Å²) in [6.07, 6.45) is 0. The summed E-state index contributed by atoms with van der Waals surface area (Å²) in [6.45, 7) is 0. The number of fused-ring (bicyclic) bond motifs is 1. The molecule has 0 aliphatic heterocycles. The molecule has 16 heavy (non-hydrogen) atoms. The van der Waals surface area contributed by atoms with Crippen LogP contribution in [-0.4, -0.2) is 23.2 Å². The van der Waals surface area contributed by atoms with E-state index in [4.69, 9.17) is 0 Å². The number of aromatic hydroxyl groups is 1. The summed E-state index contributed by atoms with van der Waals surface area (Å²) in [5.74, 6) is -0.495. The fraction of sp³-hybridized carbons (Fsp3) is 0.0909. The first-order chi connectivity index (χ1) is 7.63. The normalized spacial score (nSPS) is 10.4. The third kappa shape index (κ3) is 1.74. The molecule has 0 saturated carbocycles. The van der Waals surface area contributed by atoms with Gasteiger partial charge in [0.2, 0.25) is 0 Å². The Kier molecular flexibility index (Phi) is 2.78. The van der Waals surface area contributed by atoms with Crippen molar-refractivity contribution in [2.45, 2.75) is 0 Å². The lowest BCUT2D eigenvalue weighted by molar-refractivity contribution is 0.0594. The molecular weight excluding hydrogens is 274 g/mol. The van der Waals surface area contributed by atoms with Crippen LogP contribution in [0, 0.1) is 0 Å². The van der Waals surface area contributed by atoms with Crippen molar-refractivity contribution in [2.24, 2.45) is 0 Å². The van der Waals surface area contributed by atoms with E-state index in [1.807, 2.05) is 0 Å². The van der Waals surface area contributed by atoms with Crippen molar-refractivity contribution < 1.29 is 14.6 Å². The highest BCUT2D eigenvalue weighted by Crippen LogP contribution is 2.29. The quantitative estimate of drug-likeness (QED) is 0.816. The molecule has 0 spiro atoms. The number of nitrogens with zero attached hydrogens (tertiary/aromatic N) is 1. The fourth-order valence-corrected chi connectivity index (χ4v) is 1.84. The second kappa shape index (κ2) is 4.09. The molecule has 1 aromatic carbocycles. The molecule has 0 aliphatic carbocycles. The summed E-state index contributed by atoms with van der Waals surface area (Å²) in [5, 5.41) is 10.4. The van der Waals surface area contributed by atoms with Crippen LogP contribution < -0.4 is 0 Å². The smallest absolute Gasteiger partial charge is 0.356 e. The van der Waals surface area contributed by atoms with Gasteiger partial charge in [-0.25, -0.2) is 9.78 Å². The first kappa shape index (κ1) is 10.9. The Hall–Kier alpha value is -1.62. The lowest BCUT2D eigenvalue weighted by atomic mass is 10.2. The van der Waals surface area contributed by atoms with Crippen LogP contribution in [0.1, 0.15) is 10.5 Å². The molecule has 0 atom stereocenters. The number of aromatic nitrogens is 1. The lowest BCUT2D eigenvalue weighted by Gasteiger charge is -2.04. The highest BCUT2D eigenvalue weighted by molar-refractivity contribution is 9.10. The average Bonchev–Trinajstić information content (AvgIpc) is 2.32. The van der Waals surface area contributed by atoms with Gasteiger partial charge in [-0.1, -0.05) is 15.9 Å². The number of halogens is 1. The lowest BCUT2D eigenvalue weighted by Crippen LogP contribution is -2.03. The van der Waals surface area contributed by atoms with Gasteiger partial charge in [-0.15, -0.1) is 0 Å². The van der Waals surface area contributed by atoms with Gasteiger partial charge < -0.3 is 9.84 Å². The number of esters is 1. The number of hydrogen-bond acceptors (Lipinski definition) is 4. The molecule has 0 aliphatic rings. The van der Waals surface area contributed by atoms with Crippen molar-refractivity contribution in [3.8, 4) is 5.75 Å². The first-order valence-electron chi connectivity index (χ1n) is 4.50. The van der Waals surface area contributed by atoms with Gasteiger partial charge in [-0.3, -0.25) is 0 Å². The second-order valence-corrected chi connectivity index (χ2v) is 4.01. The molecule has 5 heteroatoms. The number of methoxy groups -OCH3 is 1. The van der Waals surface area contributed by atoms with Crippen LogP contribution in [0.4, 0.5) is 0 Å². The predicted octanol–water partition coefficient (Wildman–Crippen LogP) is 2.49. The number of rotatable bonds is 1. The molecule has 0 bridgehead atoms. The molecule has 1 aromatic heterocycles. The topological polar surface area (TPSA) is 59.4 Å². The molecule has 1 N–H and O–H groups in total. The van der Waals surface area contributed by atoms with Crippen molar-refractivity contribution in [1.29, 1.82) is 0 Å². The van der Waals surface area contributed by atoms with E-state index >= 15 is 0 Å². The number of phenols is 1. The number of carbonyl (C=O) groups excluding carboxylic acids is 1. The summed E-state index contributed by atoms with van der Waals surface area (Å²) in [4.78, 5) is 15.3. The summed E-state index contributed by atoms with van der Waals surface area (Å²) < 4.78 is 5.37. The molecule has 1 heterocycles. The number of benzene rings is 1. The minimum absolute atomic E-state index is 0.0314. The molecule has 0 fully saturated rings. The minimum Gasteiger partial charge on any atom is -0.506 e. The van der Waals surface area contributed by atoms with Gasteiger partial charge in [0.25, 0.3) is 0 Å². The molecule has 4 nitrogen and oxygen atoms in total. The zero-order valence-electron chi connectivity index (χ0n) is 8.40. The Labute approximate surface area is 100.0 Å². The highest BCUT2D eigenvalue weighted by Gasteiger charge is 2.11. The Morgan fingerprint density at radius 2 is 2.12 bits per heavy atom. The molecular formula is C11H8BrNO3. The van der Waals surface area contributed by atoms with Gasteiger partial charge in [0, 0.05) is 9.86 Å². The van der Waals surface area contributed by atoms with Crippen LogP contribution in [0.25, 0.3) is 10.9 Å². The Balaban J connectivity index is 2.70. The van der Waals surface area contributed by atoms with Gasteiger partial charge >= 0.3 is 5.97 Å². The number of hydrogen-bond donors (Lipinski definition) is 1. The van der Waals surface area contributed by atoms with Gasteiger partial charge in [0.05, 0.1) is 7.11 Å². The molecule has 0 radical (unpaired) electrons. The van der Waals surface area contributed by atoms with Crippen LogP contribution in [0.3, 0.4) is 0 Å². The van der Waals surface area contributed by atoms with Crippen LogP contribution in [0.15, 0.2) is 28.7 Å². The van der Waals surface area contributed by atoms with Crippen LogP contribution >= 0.6 is 15.9 Å². The van der Waals surface area contributed by atoms with E-state index in [2.05, 4.69) is 25.7 Å². The molecule has 2 rings (SSSR count). The standard InChI is InChI=1S/C11H8BrNO3/c1-16-11(15)8-4-2-6-7(12)3-5-9(14)10(6)13-8/h2-5,14H,1H3. The van der Waals surface area contributed by atoms with E-state index < -0.39 is 5.97 Å². The Bertz CT molecular complexity index is 568. The molecule has 0 amide bonds. The molecule has 0 unspecified atom stereocenters. The van der Waals surface area contributed by atoms with Crippen LogP contribution in [-0.2, 0) is 4.74 Å². The van der Waals surface area contributed by atoms with Crippen molar-refractivity contribution >= 4 is 32.8 Å². The maximum atomic E-state index is 11.3. The molecule has 2 aromatic rings. The van der Waals surface area contributed by atoms with E-state index in [9.17, 15) is 9.90 Å². The van der Waals surface area contributed by atoms with Gasteiger partial charge in [0.15, 0.2) is 0 Å². The van der Waals surface area contributed by atoms with E-state index in [1.165, 1.54) is 13.2 Å². The first-order valence-corrected chi connectivity index (χ1v) is 5.29. The largest absolute Gasteiger partial charge is 0.506 e. The van der Waals surface area contributed by atoms with Crippen molar-refractivity contribution in [2.75, 3.05) is 7.11 Å². The van der Waals surface area contributed by atoms with E-state index in [-0.39, 0.29) is 11.4 Å². The SMILES string of the molecule is COC(=O)c1ccc2c(Br)ccc(O)c2n1. The van der Waals surface area contributed by atoms with E-state index in [1.54, 1.807) is 18.2 Å². The molecule has 82 valence electrons. The maximum absolute atomic E-state index is 11.3. The average molecular weight is 282 g/mol. The summed E-state index contributed by atoms with van der Waals surface area (Å²) >= 11 is 3.34. The van der Waals surface area contributed by atoms with Crippen LogP contribution in [0.5, 0.6) is 5.75 Å². The third-order valence-electron chi connectivity index (χ3n) is 2.18. The number of phenolic OH excluding ortho intramolecular Hbond substituents is 1. The molecule has 0 saturated heterocycles. The van der Waals surface area contributed by atoms with Crippen LogP contribution in [0.2, 0.25) is 0 Å². The third-order valence-corrected chi connectivity index (χ3v) is 2.87. The second-order valence-electron chi connectivity index (χ2n) is 3.15. The van der Waals surface area contributed by atoms with Gasteiger partial charge in [0.1, 0.15) is 17.0 Å². The van der Waals surface area contributed by atoms with E-state index in [0.717, 1.165) is 9.86 Å². The zero-order chi connectivity index (χ0) is 11.7. The summed E-state index contributed by atoms with van der Waals surface area (Å²) in [7, 11) is 1.29. The summed E-state index contributed by atoms with van der Waals surface area (Å²) in [5.41, 5.74) is 0.542. The Morgan fingerprint density at radius 3 is 2.81 bits per heavy atom. The summed E-state index contributed by atoms with van der Waals surface area (Å²) in [6, 6.07) is 6.49. The van der Waals surface area contributed by atoms with Gasteiger partial charge in [-0.05, 0) is 24.3 Å². The highest BCUT2D eigenvalue weighted by atomic mass is 79.9.